The highest BCUT2D eigenvalue weighted by molar-refractivity contribution is 6.13. The van der Waals surface area contributed by atoms with Crippen LogP contribution in [-0.2, 0) is 16.1 Å². The maximum atomic E-state index is 13.9. The molecule has 0 saturated heterocycles. The summed E-state index contributed by atoms with van der Waals surface area (Å²) in [7, 11) is 3.13. The average Bonchev–Trinajstić information content (AvgIpc) is 3.42. The second kappa shape index (κ2) is 13.6. The largest absolute Gasteiger partial charge is 0.494 e. The molecule has 0 saturated carbocycles. The minimum Gasteiger partial charge on any atom is -0.494 e. The van der Waals surface area contributed by atoms with E-state index in [9.17, 15) is 14.4 Å². The zero-order valence-corrected chi connectivity index (χ0v) is 24.0. The molecule has 0 aliphatic carbocycles. The van der Waals surface area contributed by atoms with Crippen LogP contribution < -0.4 is 31.2 Å². The molecule has 4 rings (SSSR count). The quantitative estimate of drug-likeness (QED) is 0.129. The fourth-order valence-corrected chi connectivity index (χ4v) is 4.85. The first-order valence-corrected chi connectivity index (χ1v) is 13.7. The molecule has 1 heterocycles. The van der Waals surface area contributed by atoms with Gasteiger partial charge in [0.15, 0.2) is 5.75 Å². The molecule has 42 heavy (non-hydrogen) atoms. The first-order chi connectivity index (χ1) is 20.3. The number of aryl methyl sites for hydroxylation is 1. The number of aromatic nitrogens is 2. The molecule has 11 nitrogen and oxygen atoms in total. The van der Waals surface area contributed by atoms with Gasteiger partial charge in [0.25, 0.3) is 5.91 Å². The smallest absolute Gasteiger partial charge is 0.260 e. The van der Waals surface area contributed by atoms with E-state index < -0.39 is 0 Å². The molecule has 0 bridgehead atoms. The van der Waals surface area contributed by atoms with Gasteiger partial charge >= 0.3 is 0 Å². The molecule has 0 aliphatic heterocycles. The number of carbonyl (C=O) groups is 3. The second-order valence-corrected chi connectivity index (χ2v) is 9.88. The first kappa shape index (κ1) is 30.1. The number of nitrogens with two attached hydrogens (primary N) is 2. The summed E-state index contributed by atoms with van der Waals surface area (Å²) in [6.07, 6.45) is 3.09. The number of carbonyl (C=O) groups excluding carboxylic acids is 3. The number of H-pyrrole nitrogens is 1. The van der Waals surface area contributed by atoms with E-state index in [0.29, 0.717) is 59.9 Å². The van der Waals surface area contributed by atoms with Gasteiger partial charge in [-0.3, -0.25) is 14.4 Å². The van der Waals surface area contributed by atoms with E-state index in [0.717, 1.165) is 29.5 Å². The van der Waals surface area contributed by atoms with Crippen LogP contribution >= 0.6 is 0 Å². The summed E-state index contributed by atoms with van der Waals surface area (Å²) in [4.78, 5) is 45.9. The van der Waals surface area contributed by atoms with Crippen molar-refractivity contribution in [2.24, 2.45) is 11.5 Å². The van der Waals surface area contributed by atoms with Gasteiger partial charge in [0.2, 0.25) is 12.3 Å². The molecule has 4 aromatic rings. The summed E-state index contributed by atoms with van der Waals surface area (Å²) in [5.41, 5.74) is 15.9. The maximum Gasteiger partial charge on any atom is 0.260 e. The molecule has 6 N–H and O–H groups in total. The Morgan fingerprint density at radius 2 is 1.90 bits per heavy atom. The number of aromatic amines is 1. The number of nitrogens with zero attached hydrogens (tertiary/aromatic N) is 2. The summed E-state index contributed by atoms with van der Waals surface area (Å²) < 4.78 is 11.8. The molecule has 0 unspecified atom stereocenters. The van der Waals surface area contributed by atoms with Crippen LogP contribution in [-0.4, -0.2) is 49.0 Å². The Labute approximate surface area is 244 Å². The number of para-hydroxylation sites is 1. The Hall–Kier alpha value is -4.90. The average molecular weight is 573 g/mol. The Bertz CT molecular complexity index is 1600. The molecule has 0 aliphatic rings. The number of rotatable bonds is 14. The third-order valence-electron chi connectivity index (χ3n) is 6.95. The number of imidazole rings is 1. The second-order valence-electron chi connectivity index (χ2n) is 9.88. The summed E-state index contributed by atoms with van der Waals surface area (Å²) in [6.45, 7) is 2.61. The topological polar surface area (TPSA) is 166 Å². The van der Waals surface area contributed by atoms with Gasteiger partial charge in [-0.15, -0.1) is 0 Å². The third kappa shape index (κ3) is 6.52. The Morgan fingerprint density at radius 1 is 1.10 bits per heavy atom. The highest BCUT2D eigenvalue weighted by atomic mass is 16.5. The predicted octanol–water partition coefficient (Wildman–Crippen LogP) is 4.28. The zero-order valence-electron chi connectivity index (χ0n) is 24.0. The molecular weight excluding hydrogens is 536 g/mol. The number of hydrogen-bond acceptors (Lipinski definition) is 7. The Kier molecular flexibility index (Phi) is 9.77. The number of fused-ring (bicyclic) bond motifs is 1. The maximum absolute atomic E-state index is 13.9. The molecule has 3 amide bonds. The van der Waals surface area contributed by atoms with E-state index in [-0.39, 0.29) is 29.6 Å². The van der Waals surface area contributed by atoms with Crippen LogP contribution in [0, 0.1) is 6.92 Å². The molecular formula is C31H36N6O5. The van der Waals surface area contributed by atoms with Crippen LogP contribution in [0.3, 0.4) is 0 Å². The van der Waals surface area contributed by atoms with Gasteiger partial charge in [0, 0.05) is 24.6 Å². The summed E-state index contributed by atoms with van der Waals surface area (Å²) in [6, 6.07) is 14.7. The minimum atomic E-state index is -0.372. The van der Waals surface area contributed by atoms with Gasteiger partial charge in [-0.2, -0.15) is 0 Å². The fourth-order valence-electron chi connectivity index (χ4n) is 4.85. The van der Waals surface area contributed by atoms with Crippen molar-refractivity contribution in [1.29, 1.82) is 0 Å². The number of unbranched alkanes of at least 4 members (excludes halogenated alkanes) is 2. The number of amides is 3. The third-order valence-corrected chi connectivity index (χ3v) is 6.95. The van der Waals surface area contributed by atoms with Gasteiger partial charge in [-0.05, 0) is 62.1 Å². The number of anilines is 2. The molecule has 0 atom stereocenters. The molecule has 1 aromatic heterocycles. The predicted molar refractivity (Wildman–Crippen MR) is 163 cm³/mol. The number of hydrogen-bond donors (Lipinski definition) is 4. The van der Waals surface area contributed by atoms with Crippen LogP contribution in [0.5, 0.6) is 11.5 Å². The zero-order chi connectivity index (χ0) is 30.2. The van der Waals surface area contributed by atoms with Gasteiger partial charge in [0.1, 0.15) is 11.6 Å². The van der Waals surface area contributed by atoms with Crippen LogP contribution in [0.4, 0.5) is 11.4 Å². The standard InChI is InChI=1S/C31H36N6O5/c1-19-11-14-24(25(16-19)42-15-6-4-5-10-26(33)39)37(2)31(40)22-13-12-21(30(41-3)29(22)34-18-38)20-8-7-9-23-28(20)36-27(17-32)35-23/h7-9,11-14,16,18H,4-6,10,15,17,32H2,1-3H3,(H2,33,39)(H,34,38)(H,35,36). The van der Waals surface area contributed by atoms with Crippen molar-refractivity contribution in [3.63, 3.8) is 0 Å². The van der Waals surface area contributed by atoms with Gasteiger partial charge in [-0.1, -0.05) is 18.2 Å². The Morgan fingerprint density at radius 3 is 2.62 bits per heavy atom. The van der Waals surface area contributed by atoms with Crippen LogP contribution in [0.15, 0.2) is 48.5 Å². The van der Waals surface area contributed by atoms with Crippen molar-refractivity contribution in [3.8, 4) is 22.6 Å². The normalized spacial score (nSPS) is 10.9. The van der Waals surface area contributed by atoms with Crippen molar-refractivity contribution < 1.29 is 23.9 Å². The van der Waals surface area contributed by atoms with E-state index in [1.54, 1.807) is 19.2 Å². The number of nitrogens with one attached hydrogen (secondary N) is 2. The lowest BCUT2D eigenvalue weighted by Crippen LogP contribution is -2.28. The van der Waals surface area contributed by atoms with Gasteiger partial charge in [0.05, 0.1) is 48.2 Å². The van der Waals surface area contributed by atoms with E-state index in [1.165, 1.54) is 12.0 Å². The van der Waals surface area contributed by atoms with E-state index in [1.807, 2.05) is 43.3 Å². The molecule has 0 radical (unpaired) electrons. The highest BCUT2D eigenvalue weighted by Crippen LogP contribution is 2.42. The first-order valence-electron chi connectivity index (χ1n) is 13.7. The lowest BCUT2D eigenvalue weighted by atomic mass is 9.98. The van der Waals surface area contributed by atoms with E-state index in [4.69, 9.17) is 20.9 Å². The summed E-state index contributed by atoms with van der Waals surface area (Å²) in [5, 5.41) is 2.68. The number of benzene rings is 3. The van der Waals surface area contributed by atoms with Crippen LogP contribution in [0.25, 0.3) is 22.2 Å². The monoisotopic (exact) mass is 572 g/mol. The molecule has 220 valence electrons. The molecule has 0 spiro atoms. The number of methoxy groups -OCH3 is 1. The van der Waals surface area contributed by atoms with Crippen molar-refractivity contribution in [1.82, 2.24) is 9.97 Å². The Balaban J connectivity index is 1.67. The molecule has 3 aromatic carbocycles. The van der Waals surface area contributed by atoms with Crippen LogP contribution in [0.2, 0.25) is 0 Å². The number of ether oxygens (including phenoxy) is 2. The fraction of sp³-hybridized carbons (Fsp3) is 0.290. The lowest BCUT2D eigenvalue weighted by molar-refractivity contribution is -0.118. The van der Waals surface area contributed by atoms with Gasteiger partial charge in [-0.25, -0.2) is 4.98 Å². The minimum absolute atomic E-state index is 0.234. The highest BCUT2D eigenvalue weighted by Gasteiger charge is 2.25. The van der Waals surface area contributed by atoms with Crippen LogP contribution in [0.1, 0.15) is 47.4 Å². The van der Waals surface area contributed by atoms with Crippen molar-refractivity contribution in [2.75, 3.05) is 31.0 Å². The molecule has 11 heteroatoms. The van der Waals surface area contributed by atoms with Crippen molar-refractivity contribution in [2.45, 2.75) is 39.2 Å². The van der Waals surface area contributed by atoms with Crippen molar-refractivity contribution >= 4 is 40.6 Å². The molecule has 0 fully saturated rings. The van der Waals surface area contributed by atoms with Gasteiger partial charge < -0.3 is 36.1 Å². The van der Waals surface area contributed by atoms with Crippen molar-refractivity contribution in [3.05, 3.63) is 65.5 Å². The van der Waals surface area contributed by atoms with E-state index in [2.05, 4.69) is 15.3 Å². The van der Waals surface area contributed by atoms with E-state index >= 15 is 0 Å². The SMILES string of the molecule is COc1c(-c2cccc3[nH]c(CN)nc23)ccc(C(=O)N(C)c2ccc(C)cc2OCCCCCC(N)=O)c1NC=O. The number of primary amides is 1. The summed E-state index contributed by atoms with van der Waals surface area (Å²) in [5.74, 6) is 0.822. The lowest BCUT2D eigenvalue weighted by Gasteiger charge is -2.24. The summed E-state index contributed by atoms with van der Waals surface area (Å²) >= 11 is 0.